The smallest absolute Gasteiger partial charge is 0.334 e. The van der Waals surface area contributed by atoms with Crippen LogP contribution in [0.25, 0.3) is 0 Å². The van der Waals surface area contributed by atoms with Crippen LogP contribution in [-0.4, -0.2) is 34.6 Å². The highest BCUT2D eigenvalue weighted by atomic mass is 35.5. The zero-order chi connectivity index (χ0) is 21.3. The largest absolute Gasteiger partial charge is 0.417 e. The molecule has 0 saturated carbocycles. The molecule has 1 N–H and O–H groups in total. The van der Waals surface area contributed by atoms with Crippen molar-refractivity contribution in [2.24, 2.45) is 0 Å². The molecule has 2 aromatic rings. The summed E-state index contributed by atoms with van der Waals surface area (Å²) in [4.78, 5) is 18.1. The van der Waals surface area contributed by atoms with Crippen LogP contribution in [0.15, 0.2) is 47.7 Å². The zero-order valence-corrected chi connectivity index (χ0v) is 16.0. The summed E-state index contributed by atoms with van der Waals surface area (Å²) >= 11 is 5.86. The van der Waals surface area contributed by atoms with E-state index in [-0.39, 0.29) is 24.4 Å². The first-order valence-electron chi connectivity index (χ1n) is 8.64. The number of halogens is 5. The minimum Gasteiger partial charge on any atom is -0.334 e. The Morgan fingerprint density at radius 3 is 2.55 bits per heavy atom. The first-order chi connectivity index (χ1) is 13.6. The third-order valence-corrected chi connectivity index (χ3v) is 5.09. The van der Waals surface area contributed by atoms with E-state index in [2.05, 4.69) is 4.98 Å². The van der Waals surface area contributed by atoms with Crippen LogP contribution in [0.3, 0.4) is 0 Å². The zero-order valence-electron chi connectivity index (χ0n) is 15.3. The minimum atomic E-state index is -4.66. The summed E-state index contributed by atoms with van der Waals surface area (Å²) in [5, 5.41) is 7.68. The highest BCUT2D eigenvalue weighted by Crippen LogP contribution is 2.37. The number of hydrogen-bond donors (Lipinski definition) is 1. The fourth-order valence-corrected chi connectivity index (χ4v) is 3.51. The molecule has 0 aliphatic carbocycles. The van der Waals surface area contributed by atoms with E-state index in [0.717, 1.165) is 18.3 Å². The van der Waals surface area contributed by atoms with Gasteiger partial charge in [-0.05, 0) is 48.8 Å². The van der Waals surface area contributed by atoms with Crippen molar-refractivity contribution in [1.82, 2.24) is 9.88 Å². The van der Waals surface area contributed by atoms with Crippen molar-refractivity contribution >= 4 is 23.2 Å². The summed E-state index contributed by atoms with van der Waals surface area (Å²) in [5.74, 6) is -1.11. The molecule has 0 fully saturated rings. The van der Waals surface area contributed by atoms with Gasteiger partial charge in [0, 0.05) is 13.1 Å². The molecule has 3 rings (SSSR count). The molecule has 1 amide bonds. The quantitative estimate of drug-likeness (QED) is 0.548. The average Bonchev–Trinajstić information content (AvgIpc) is 2.66. The Balaban J connectivity index is 1.83. The Labute approximate surface area is 169 Å². The number of nitrogens with one attached hydrogen (secondary N) is 1. The Hall–Kier alpha value is -2.74. The van der Waals surface area contributed by atoms with Crippen LogP contribution in [0.2, 0.25) is 5.02 Å². The third kappa shape index (κ3) is 4.32. The van der Waals surface area contributed by atoms with E-state index in [0.29, 0.717) is 23.3 Å². The second-order valence-electron chi connectivity index (χ2n) is 6.64. The van der Waals surface area contributed by atoms with Crippen LogP contribution in [0, 0.1) is 11.2 Å². The van der Waals surface area contributed by atoms with Crippen LogP contribution in [0.5, 0.6) is 0 Å². The molecule has 9 heteroatoms. The molecule has 1 aliphatic rings. The SMILES string of the molecule is CC1=C(C(=N)c2ccc(F)cn2)CCN(C(=O)c2cccc(C(F)(F)F)c2Cl)C1. The molecule has 1 aliphatic heterocycles. The monoisotopic (exact) mass is 425 g/mol. The molecular weight excluding hydrogens is 410 g/mol. The van der Waals surface area contributed by atoms with E-state index in [1.165, 1.54) is 23.1 Å². The van der Waals surface area contributed by atoms with Gasteiger partial charge in [-0.25, -0.2) is 4.39 Å². The third-order valence-electron chi connectivity index (χ3n) is 4.68. The van der Waals surface area contributed by atoms with E-state index in [1.54, 1.807) is 6.92 Å². The Kier molecular flexibility index (Phi) is 5.75. The van der Waals surface area contributed by atoms with Gasteiger partial charge < -0.3 is 4.90 Å². The van der Waals surface area contributed by atoms with E-state index < -0.39 is 28.5 Å². The second-order valence-corrected chi connectivity index (χ2v) is 7.02. The van der Waals surface area contributed by atoms with E-state index in [1.807, 2.05) is 0 Å². The molecule has 29 heavy (non-hydrogen) atoms. The number of benzene rings is 1. The van der Waals surface area contributed by atoms with Gasteiger partial charge in [0.1, 0.15) is 5.82 Å². The van der Waals surface area contributed by atoms with Crippen LogP contribution in [0.1, 0.15) is 35.0 Å². The molecule has 0 unspecified atom stereocenters. The van der Waals surface area contributed by atoms with Crippen LogP contribution in [-0.2, 0) is 6.18 Å². The highest BCUT2D eigenvalue weighted by molar-refractivity contribution is 6.34. The number of amides is 1. The lowest BCUT2D eigenvalue weighted by molar-refractivity contribution is -0.137. The molecule has 1 aromatic heterocycles. The number of carbonyl (C=O) groups is 1. The van der Waals surface area contributed by atoms with Gasteiger partial charge in [-0.3, -0.25) is 15.2 Å². The number of pyridine rings is 1. The fraction of sp³-hybridized carbons (Fsp3) is 0.250. The van der Waals surface area contributed by atoms with Crippen LogP contribution >= 0.6 is 11.6 Å². The van der Waals surface area contributed by atoms with Crippen molar-refractivity contribution in [3.05, 3.63) is 75.3 Å². The molecule has 0 radical (unpaired) electrons. The average molecular weight is 426 g/mol. The van der Waals surface area contributed by atoms with Crippen molar-refractivity contribution in [3.8, 4) is 0 Å². The fourth-order valence-electron chi connectivity index (χ4n) is 3.20. The Morgan fingerprint density at radius 1 is 1.24 bits per heavy atom. The number of nitrogens with zero attached hydrogens (tertiary/aromatic N) is 2. The number of hydrogen-bond acceptors (Lipinski definition) is 3. The highest BCUT2D eigenvalue weighted by Gasteiger charge is 2.35. The maximum atomic E-state index is 13.1. The summed E-state index contributed by atoms with van der Waals surface area (Å²) in [6.45, 7) is 2.09. The van der Waals surface area contributed by atoms with Crippen molar-refractivity contribution in [3.63, 3.8) is 0 Å². The molecule has 152 valence electrons. The van der Waals surface area contributed by atoms with Crippen LogP contribution < -0.4 is 0 Å². The first-order valence-corrected chi connectivity index (χ1v) is 9.02. The molecule has 0 spiro atoms. The number of rotatable bonds is 3. The predicted octanol–water partition coefficient (Wildman–Crippen LogP) is 5.12. The van der Waals surface area contributed by atoms with Crippen molar-refractivity contribution in [1.29, 1.82) is 5.41 Å². The Morgan fingerprint density at radius 2 is 1.97 bits per heavy atom. The first kappa shape index (κ1) is 21.0. The van der Waals surface area contributed by atoms with Gasteiger partial charge in [0.05, 0.1) is 33.8 Å². The van der Waals surface area contributed by atoms with E-state index >= 15 is 0 Å². The number of aromatic nitrogens is 1. The van der Waals surface area contributed by atoms with Crippen molar-refractivity contribution < 1.29 is 22.4 Å². The van der Waals surface area contributed by atoms with Gasteiger partial charge in [-0.2, -0.15) is 13.2 Å². The van der Waals surface area contributed by atoms with Gasteiger partial charge in [0.15, 0.2) is 0 Å². The van der Waals surface area contributed by atoms with Gasteiger partial charge in [-0.15, -0.1) is 0 Å². The number of carbonyl (C=O) groups excluding carboxylic acids is 1. The molecular formula is C20H16ClF4N3O. The summed E-state index contributed by atoms with van der Waals surface area (Å²) in [6, 6.07) is 5.85. The van der Waals surface area contributed by atoms with E-state index in [4.69, 9.17) is 17.0 Å². The van der Waals surface area contributed by atoms with Gasteiger partial charge in [0.25, 0.3) is 5.91 Å². The van der Waals surface area contributed by atoms with Crippen molar-refractivity contribution in [2.75, 3.05) is 13.1 Å². The van der Waals surface area contributed by atoms with E-state index in [9.17, 15) is 22.4 Å². The normalized spacial score (nSPS) is 14.9. The molecule has 0 saturated heterocycles. The minimum absolute atomic E-state index is 0.131. The summed E-state index contributed by atoms with van der Waals surface area (Å²) in [5.41, 5.74) is 0.549. The Bertz CT molecular complexity index is 1000. The summed E-state index contributed by atoms with van der Waals surface area (Å²) in [6.07, 6.45) is -3.31. The topological polar surface area (TPSA) is 57.1 Å². The second kappa shape index (κ2) is 7.94. The summed E-state index contributed by atoms with van der Waals surface area (Å²) < 4.78 is 52.2. The lowest BCUT2D eigenvalue weighted by Gasteiger charge is -2.30. The van der Waals surface area contributed by atoms with Gasteiger partial charge in [-0.1, -0.05) is 17.7 Å². The molecule has 0 bridgehead atoms. The van der Waals surface area contributed by atoms with Crippen LogP contribution in [0.4, 0.5) is 17.6 Å². The van der Waals surface area contributed by atoms with Gasteiger partial charge >= 0.3 is 6.18 Å². The maximum Gasteiger partial charge on any atom is 0.417 e. The molecule has 2 heterocycles. The number of alkyl halides is 3. The lowest BCUT2D eigenvalue weighted by Crippen LogP contribution is -2.38. The lowest BCUT2D eigenvalue weighted by atomic mass is 9.94. The van der Waals surface area contributed by atoms with Crippen molar-refractivity contribution in [2.45, 2.75) is 19.5 Å². The maximum absolute atomic E-state index is 13.1. The predicted molar refractivity (Wildman–Crippen MR) is 101 cm³/mol. The molecule has 4 nitrogen and oxygen atoms in total. The summed E-state index contributed by atoms with van der Waals surface area (Å²) in [7, 11) is 0. The molecule has 0 atom stereocenters. The molecule has 1 aromatic carbocycles. The standard InChI is InChI=1S/C20H16ClF4N3O/c1-11-10-28(8-7-13(11)18(26)16-6-5-12(22)9-27-16)19(29)14-3-2-4-15(17(14)21)20(23,24)25/h2-6,9,26H,7-8,10H2,1H3. The van der Waals surface area contributed by atoms with Gasteiger partial charge in [0.2, 0.25) is 0 Å².